The molecule has 0 aliphatic heterocycles. The molecule has 0 saturated carbocycles. The highest BCUT2D eigenvalue weighted by Gasteiger charge is 2.26. The van der Waals surface area contributed by atoms with E-state index in [1.165, 1.54) is 21.9 Å². The largest absolute Gasteiger partial charge is 0.305 e. The number of fused-ring (bicyclic) bond motifs is 5. The van der Waals surface area contributed by atoms with Gasteiger partial charge in [-0.1, -0.05) is 53.7 Å². The first-order chi connectivity index (χ1) is 18.7. The highest BCUT2D eigenvalue weighted by molar-refractivity contribution is 9.10. The molecule has 0 spiro atoms. The summed E-state index contributed by atoms with van der Waals surface area (Å²) in [5, 5.41) is 2.46. The lowest BCUT2D eigenvalue weighted by atomic mass is 9.85. The summed E-state index contributed by atoms with van der Waals surface area (Å²) in [5.41, 5.74) is 12.7. The second kappa shape index (κ2) is 8.81. The summed E-state index contributed by atoms with van der Waals surface area (Å²) in [5.74, 6) is 0. The van der Waals surface area contributed by atoms with E-state index in [9.17, 15) is 0 Å². The first-order valence-electron chi connectivity index (χ1n) is 13.9. The van der Waals surface area contributed by atoms with Gasteiger partial charge < -0.3 is 4.57 Å². The quantitative estimate of drug-likeness (QED) is 0.178. The van der Waals surface area contributed by atoms with Crippen LogP contribution in [-0.4, -0.2) is 24.5 Å². The first-order valence-corrected chi connectivity index (χ1v) is 14.7. The van der Waals surface area contributed by atoms with Gasteiger partial charge in [0.05, 0.1) is 38.3 Å². The van der Waals surface area contributed by atoms with Crippen molar-refractivity contribution in [2.24, 2.45) is 0 Å². The Morgan fingerprint density at radius 3 is 1.25 bits per heavy atom. The van der Waals surface area contributed by atoms with Gasteiger partial charge in [0.15, 0.2) is 0 Å². The molecule has 3 aromatic carbocycles. The first kappa shape index (κ1) is 26.8. The van der Waals surface area contributed by atoms with Gasteiger partial charge in [-0.25, -0.2) is 19.9 Å². The van der Waals surface area contributed by atoms with Gasteiger partial charge in [0.25, 0.3) is 0 Å². The molecular formula is C34H36BrN5. The van der Waals surface area contributed by atoms with E-state index in [1.807, 2.05) is 27.7 Å². The molecule has 0 aliphatic rings. The van der Waals surface area contributed by atoms with Crippen molar-refractivity contribution in [1.29, 1.82) is 0 Å². The monoisotopic (exact) mass is 593 g/mol. The predicted molar refractivity (Wildman–Crippen MR) is 171 cm³/mol. The lowest BCUT2D eigenvalue weighted by Gasteiger charge is -2.19. The second-order valence-corrected chi connectivity index (χ2v) is 13.9. The van der Waals surface area contributed by atoms with E-state index in [-0.39, 0.29) is 10.8 Å². The zero-order valence-electron chi connectivity index (χ0n) is 25.1. The molecule has 6 aromatic rings. The number of hydrogen-bond acceptors (Lipinski definition) is 4. The summed E-state index contributed by atoms with van der Waals surface area (Å²) in [6, 6.07) is 13.8. The van der Waals surface area contributed by atoms with E-state index in [2.05, 4.69) is 98.4 Å². The Kier molecular flexibility index (Phi) is 5.91. The SMILES string of the molecule is Cc1nc2c(Br)c3nc(C)c(C)nc3c(-n3c4ccc(C(C)(C)C)cc4c4cc(C(C)(C)C)ccc43)c2nc1C. The Hall–Kier alpha value is -3.38. The summed E-state index contributed by atoms with van der Waals surface area (Å²) in [6.45, 7) is 21.7. The maximum Gasteiger partial charge on any atom is 0.117 e. The molecule has 6 heteroatoms. The van der Waals surface area contributed by atoms with E-state index < -0.39 is 0 Å². The molecule has 0 atom stereocenters. The van der Waals surface area contributed by atoms with Crippen LogP contribution in [0.4, 0.5) is 0 Å². The van der Waals surface area contributed by atoms with Gasteiger partial charge in [0.2, 0.25) is 0 Å². The average Bonchev–Trinajstić information content (AvgIpc) is 3.19. The number of benzene rings is 3. The maximum atomic E-state index is 5.14. The molecule has 0 saturated heterocycles. The van der Waals surface area contributed by atoms with E-state index in [0.717, 1.165) is 66.0 Å². The molecule has 0 aliphatic carbocycles. The summed E-state index contributed by atoms with van der Waals surface area (Å²) >= 11 is 3.85. The Balaban J connectivity index is 1.89. The van der Waals surface area contributed by atoms with Crippen LogP contribution >= 0.6 is 15.9 Å². The third kappa shape index (κ3) is 4.02. The molecular weight excluding hydrogens is 558 g/mol. The molecule has 3 aromatic heterocycles. The molecule has 0 fully saturated rings. The van der Waals surface area contributed by atoms with Crippen LogP contribution < -0.4 is 0 Å². The van der Waals surface area contributed by atoms with Crippen LogP contribution in [0.5, 0.6) is 0 Å². The molecule has 5 nitrogen and oxygen atoms in total. The summed E-state index contributed by atoms with van der Waals surface area (Å²) in [6.07, 6.45) is 0. The molecule has 0 unspecified atom stereocenters. The highest BCUT2D eigenvalue weighted by Crippen LogP contribution is 2.42. The number of nitrogens with zero attached hydrogens (tertiary/aromatic N) is 5. The van der Waals surface area contributed by atoms with Gasteiger partial charge in [-0.3, -0.25) is 0 Å². The van der Waals surface area contributed by atoms with Crippen molar-refractivity contribution in [3.8, 4) is 5.69 Å². The molecule has 6 rings (SSSR count). The van der Waals surface area contributed by atoms with Crippen LogP contribution in [0.3, 0.4) is 0 Å². The second-order valence-electron chi connectivity index (χ2n) is 13.1. The van der Waals surface area contributed by atoms with E-state index in [1.54, 1.807) is 0 Å². The van der Waals surface area contributed by atoms with Gasteiger partial charge >= 0.3 is 0 Å². The van der Waals surface area contributed by atoms with Gasteiger partial charge in [-0.15, -0.1) is 0 Å². The van der Waals surface area contributed by atoms with Gasteiger partial charge in [0.1, 0.15) is 27.8 Å². The standard InChI is InChI=1S/C34H36BrN5/c1-17-19(3)38-30-28(36-17)27(35)29-31(39-20(4)18(2)37-29)32(30)40-25-13-11-21(33(5,6)7)15-23(25)24-16-22(34(8,9)10)12-14-26(24)40/h11-16H,1-10H3. The molecule has 204 valence electrons. The molecule has 0 bridgehead atoms. The van der Waals surface area contributed by atoms with Crippen LogP contribution in [0, 0.1) is 27.7 Å². The Morgan fingerprint density at radius 1 is 0.550 bits per heavy atom. The van der Waals surface area contributed by atoms with Crippen LogP contribution in [0.15, 0.2) is 40.9 Å². The topological polar surface area (TPSA) is 56.5 Å². The minimum absolute atomic E-state index is 0.0293. The Bertz CT molecular complexity index is 1880. The highest BCUT2D eigenvalue weighted by atomic mass is 79.9. The summed E-state index contributed by atoms with van der Waals surface area (Å²) in [7, 11) is 0. The lowest BCUT2D eigenvalue weighted by molar-refractivity contribution is 0.590. The van der Waals surface area contributed by atoms with Crippen molar-refractivity contribution in [3.63, 3.8) is 0 Å². The fourth-order valence-corrected chi connectivity index (χ4v) is 6.03. The molecule has 0 radical (unpaired) electrons. The Morgan fingerprint density at radius 2 is 0.900 bits per heavy atom. The van der Waals surface area contributed by atoms with Crippen molar-refractivity contribution in [1.82, 2.24) is 24.5 Å². The van der Waals surface area contributed by atoms with Crippen molar-refractivity contribution >= 4 is 59.8 Å². The van der Waals surface area contributed by atoms with Crippen molar-refractivity contribution in [2.45, 2.75) is 80.1 Å². The fraction of sp³-hybridized carbons (Fsp3) is 0.353. The van der Waals surface area contributed by atoms with Crippen molar-refractivity contribution in [3.05, 3.63) is 74.8 Å². The average molecular weight is 595 g/mol. The summed E-state index contributed by atoms with van der Waals surface area (Å²) < 4.78 is 3.17. The zero-order valence-corrected chi connectivity index (χ0v) is 26.7. The predicted octanol–water partition coefficient (Wildman–Crippen LogP) is 9.26. The van der Waals surface area contributed by atoms with Crippen molar-refractivity contribution in [2.75, 3.05) is 0 Å². The van der Waals surface area contributed by atoms with Gasteiger partial charge in [0, 0.05) is 10.8 Å². The lowest BCUT2D eigenvalue weighted by Crippen LogP contribution is -2.10. The summed E-state index contributed by atoms with van der Waals surface area (Å²) in [4.78, 5) is 20.3. The third-order valence-electron chi connectivity index (χ3n) is 8.20. The number of halogens is 1. The molecule has 0 amide bonds. The van der Waals surface area contributed by atoms with Crippen LogP contribution in [0.1, 0.15) is 75.4 Å². The number of aromatic nitrogens is 5. The van der Waals surface area contributed by atoms with E-state index >= 15 is 0 Å². The molecule has 40 heavy (non-hydrogen) atoms. The Labute approximate surface area is 244 Å². The number of rotatable bonds is 1. The van der Waals surface area contributed by atoms with Crippen LogP contribution in [0.25, 0.3) is 49.6 Å². The van der Waals surface area contributed by atoms with Gasteiger partial charge in [-0.05, 0) is 89.8 Å². The maximum absolute atomic E-state index is 5.14. The van der Waals surface area contributed by atoms with Crippen LogP contribution in [-0.2, 0) is 10.8 Å². The number of aryl methyl sites for hydroxylation is 4. The smallest absolute Gasteiger partial charge is 0.117 e. The number of hydrogen-bond donors (Lipinski definition) is 0. The van der Waals surface area contributed by atoms with E-state index in [0.29, 0.717) is 0 Å². The van der Waals surface area contributed by atoms with Crippen molar-refractivity contribution < 1.29 is 0 Å². The molecule has 3 heterocycles. The van der Waals surface area contributed by atoms with Gasteiger partial charge in [-0.2, -0.15) is 0 Å². The van der Waals surface area contributed by atoms with E-state index in [4.69, 9.17) is 19.9 Å². The fourth-order valence-electron chi connectivity index (χ4n) is 5.48. The minimum atomic E-state index is 0.0293. The minimum Gasteiger partial charge on any atom is -0.305 e. The zero-order chi connectivity index (χ0) is 28.9. The normalized spacial score (nSPS) is 12.9. The molecule has 0 N–H and O–H groups in total. The third-order valence-corrected chi connectivity index (χ3v) is 8.95. The van der Waals surface area contributed by atoms with Crippen LogP contribution in [0.2, 0.25) is 0 Å².